The molecule has 0 radical (unpaired) electrons. The molecule has 7 nitrogen and oxygen atoms in total. The highest BCUT2D eigenvalue weighted by molar-refractivity contribution is 7.92. The number of para-hydroxylation sites is 2. The lowest BCUT2D eigenvalue weighted by Gasteiger charge is -2.12. The van der Waals surface area contributed by atoms with Crippen molar-refractivity contribution in [1.29, 1.82) is 0 Å². The minimum absolute atomic E-state index is 0.0446. The van der Waals surface area contributed by atoms with Crippen molar-refractivity contribution in [3.05, 3.63) is 35.0 Å². The molecule has 23 heavy (non-hydrogen) atoms. The third-order valence-electron chi connectivity index (χ3n) is 3.11. The maximum atomic E-state index is 12.8. The number of aromatic nitrogens is 3. The van der Waals surface area contributed by atoms with Gasteiger partial charge in [-0.05, 0) is 32.9 Å². The second-order valence-corrected chi connectivity index (χ2v) is 7.61. The molecule has 0 aliphatic rings. The third kappa shape index (κ3) is 2.89. The average molecular weight is 352 g/mol. The van der Waals surface area contributed by atoms with Crippen molar-refractivity contribution in [3.8, 4) is 5.75 Å². The minimum atomic E-state index is -3.84. The summed E-state index contributed by atoms with van der Waals surface area (Å²) < 4.78 is 35.0. The van der Waals surface area contributed by atoms with Crippen molar-refractivity contribution in [2.45, 2.75) is 25.8 Å². The summed E-state index contributed by atoms with van der Waals surface area (Å²) in [6.07, 6.45) is 0. The lowest BCUT2D eigenvalue weighted by Crippen LogP contribution is -2.17. The predicted octanol–water partition coefficient (Wildman–Crippen LogP) is 2.61. The van der Waals surface area contributed by atoms with Crippen LogP contribution in [0.1, 0.15) is 17.6 Å². The zero-order chi connectivity index (χ0) is 16.6. The average Bonchev–Trinajstić information content (AvgIpc) is 2.95. The standard InChI is InChI=1S/C14H16N4O3S2/c1-4-21-12-8-6-5-7-11(12)17-23(19,20)13-9(2)15-14-18(13)16-10(3)22-14/h5-8,17H,4H2,1-3H3. The normalized spacial score (nSPS) is 11.8. The van der Waals surface area contributed by atoms with Crippen molar-refractivity contribution in [2.24, 2.45) is 0 Å². The van der Waals surface area contributed by atoms with E-state index in [1.807, 2.05) is 13.8 Å². The van der Waals surface area contributed by atoms with Crippen molar-refractivity contribution in [1.82, 2.24) is 14.6 Å². The smallest absolute Gasteiger partial charge is 0.281 e. The Labute approximate surface area is 138 Å². The van der Waals surface area contributed by atoms with Crippen molar-refractivity contribution in [2.75, 3.05) is 11.3 Å². The first-order valence-electron chi connectivity index (χ1n) is 7.00. The van der Waals surface area contributed by atoms with E-state index in [4.69, 9.17) is 4.74 Å². The molecule has 0 aliphatic heterocycles. The van der Waals surface area contributed by atoms with Crippen LogP contribution in [0.2, 0.25) is 0 Å². The summed E-state index contributed by atoms with van der Waals surface area (Å²) in [5.74, 6) is 0.478. The Morgan fingerprint density at radius 1 is 1.30 bits per heavy atom. The van der Waals surface area contributed by atoms with E-state index in [1.54, 1.807) is 31.2 Å². The molecule has 0 aliphatic carbocycles. The fraction of sp³-hybridized carbons (Fsp3) is 0.286. The number of rotatable bonds is 5. The first-order chi connectivity index (χ1) is 10.9. The van der Waals surface area contributed by atoms with E-state index in [0.717, 1.165) is 5.01 Å². The van der Waals surface area contributed by atoms with Crippen LogP contribution < -0.4 is 9.46 Å². The van der Waals surface area contributed by atoms with Gasteiger partial charge in [0.25, 0.3) is 10.0 Å². The van der Waals surface area contributed by atoms with Crippen LogP contribution in [0.4, 0.5) is 5.69 Å². The monoisotopic (exact) mass is 352 g/mol. The number of hydrogen-bond acceptors (Lipinski definition) is 6. The van der Waals surface area contributed by atoms with Gasteiger partial charge in [0, 0.05) is 0 Å². The molecule has 122 valence electrons. The molecule has 9 heteroatoms. The molecule has 0 atom stereocenters. The number of hydrogen-bond donors (Lipinski definition) is 1. The second kappa shape index (κ2) is 5.82. The van der Waals surface area contributed by atoms with Crippen LogP contribution in [-0.4, -0.2) is 29.6 Å². The predicted molar refractivity (Wildman–Crippen MR) is 88.8 cm³/mol. The summed E-state index contributed by atoms with van der Waals surface area (Å²) in [5.41, 5.74) is 0.792. The van der Waals surface area contributed by atoms with Crippen LogP contribution in [0.3, 0.4) is 0 Å². The van der Waals surface area contributed by atoms with E-state index in [0.29, 0.717) is 28.7 Å². The number of imidazole rings is 1. The van der Waals surface area contributed by atoms with Gasteiger partial charge in [-0.15, -0.1) is 0 Å². The van der Waals surface area contributed by atoms with Crippen LogP contribution in [0.25, 0.3) is 4.96 Å². The van der Waals surface area contributed by atoms with E-state index in [1.165, 1.54) is 15.9 Å². The van der Waals surface area contributed by atoms with Crippen LogP contribution in [0, 0.1) is 13.8 Å². The molecule has 0 saturated heterocycles. The molecule has 2 heterocycles. The van der Waals surface area contributed by atoms with Gasteiger partial charge in [-0.2, -0.15) is 18.0 Å². The Morgan fingerprint density at radius 2 is 2.04 bits per heavy atom. The molecule has 0 unspecified atom stereocenters. The third-order valence-corrected chi connectivity index (χ3v) is 5.40. The Hall–Kier alpha value is -2.13. The molecule has 0 saturated carbocycles. The van der Waals surface area contributed by atoms with Crippen LogP contribution >= 0.6 is 11.3 Å². The molecule has 1 N–H and O–H groups in total. The molecular weight excluding hydrogens is 336 g/mol. The molecule has 3 rings (SSSR count). The van der Waals surface area contributed by atoms with E-state index in [9.17, 15) is 8.42 Å². The molecule has 0 bridgehead atoms. The highest BCUT2D eigenvalue weighted by atomic mass is 32.2. The summed E-state index contributed by atoms with van der Waals surface area (Å²) in [4.78, 5) is 4.82. The number of anilines is 1. The van der Waals surface area contributed by atoms with Gasteiger partial charge in [-0.3, -0.25) is 4.72 Å². The van der Waals surface area contributed by atoms with Crippen molar-refractivity contribution < 1.29 is 13.2 Å². The molecule has 0 fully saturated rings. The number of ether oxygens (including phenoxy) is 1. The largest absolute Gasteiger partial charge is 0.492 e. The number of benzene rings is 1. The molecule has 1 aromatic carbocycles. The Bertz CT molecular complexity index is 960. The zero-order valence-corrected chi connectivity index (χ0v) is 14.5. The van der Waals surface area contributed by atoms with Gasteiger partial charge in [-0.25, -0.2) is 4.98 Å². The Kier molecular flexibility index (Phi) is 3.99. The molecule has 2 aromatic heterocycles. The number of aryl methyl sites for hydroxylation is 2. The van der Waals surface area contributed by atoms with Crippen LogP contribution in [0.15, 0.2) is 29.3 Å². The SMILES string of the molecule is CCOc1ccccc1NS(=O)(=O)c1c(C)nc2sc(C)nn12. The quantitative estimate of drug-likeness (QED) is 0.763. The maximum absolute atomic E-state index is 12.8. The minimum Gasteiger partial charge on any atom is -0.492 e. The summed E-state index contributed by atoms with van der Waals surface area (Å²) in [6, 6.07) is 6.90. The summed E-state index contributed by atoms with van der Waals surface area (Å²) in [7, 11) is -3.84. The second-order valence-electron chi connectivity index (χ2n) is 4.85. The van der Waals surface area contributed by atoms with Gasteiger partial charge >= 0.3 is 0 Å². The maximum Gasteiger partial charge on any atom is 0.281 e. The van der Waals surface area contributed by atoms with E-state index in [-0.39, 0.29) is 5.03 Å². The van der Waals surface area contributed by atoms with Crippen molar-refractivity contribution >= 4 is 32.0 Å². The van der Waals surface area contributed by atoms with Crippen molar-refractivity contribution in [3.63, 3.8) is 0 Å². The van der Waals surface area contributed by atoms with E-state index in [2.05, 4.69) is 14.8 Å². The Morgan fingerprint density at radius 3 is 2.78 bits per heavy atom. The fourth-order valence-corrected chi connectivity index (χ4v) is 4.45. The number of sulfonamides is 1. The number of nitrogens with one attached hydrogen (secondary N) is 1. The molecular formula is C14H16N4O3S2. The number of fused-ring (bicyclic) bond motifs is 1. The zero-order valence-electron chi connectivity index (χ0n) is 12.9. The molecule has 0 amide bonds. The van der Waals surface area contributed by atoms with Gasteiger partial charge < -0.3 is 4.74 Å². The lowest BCUT2D eigenvalue weighted by molar-refractivity contribution is 0.342. The van der Waals surface area contributed by atoms with E-state index >= 15 is 0 Å². The summed E-state index contributed by atoms with van der Waals surface area (Å²) in [6.45, 7) is 5.75. The van der Waals surface area contributed by atoms with Crippen LogP contribution in [0.5, 0.6) is 5.75 Å². The first kappa shape index (κ1) is 15.8. The summed E-state index contributed by atoms with van der Waals surface area (Å²) in [5, 5.41) is 5.02. The van der Waals surface area contributed by atoms with Crippen LogP contribution in [-0.2, 0) is 10.0 Å². The highest BCUT2D eigenvalue weighted by Crippen LogP contribution is 2.28. The first-order valence-corrected chi connectivity index (χ1v) is 9.29. The molecule has 3 aromatic rings. The lowest BCUT2D eigenvalue weighted by atomic mass is 10.3. The Balaban J connectivity index is 2.06. The molecule has 0 spiro atoms. The summed E-state index contributed by atoms with van der Waals surface area (Å²) >= 11 is 1.34. The topological polar surface area (TPSA) is 85.6 Å². The highest BCUT2D eigenvalue weighted by Gasteiger charge is 2.26. The van der Waals surface area contributed by atoms with E-state index < -0.39 is 10.0 Å². The van der Waals surface area contributed by atoms with Gasteiger partial charge in [0.1, 0.15) is 10.8 Å². The van der Waals surface area contributed by atoms with Gasteiger partial charge in [0.15, 0.2) is 0 Å². The fourth-order valence-electron chi connectivity index (χ4n) is 2.26. The van der Waals surface area contributed by atoms with Gasteiger partial charge in [-0.1, -0.05) is 23.5 Å². The van der Waals surface area contributed by atoms with Gasteiger partial charge in [0.05, 0.1) is 18.0 Å². The van der Waals surface area contributed by atoms with Gasteiger partial charge in [0.2, 0.25) is 9.99 Å². The number of nitrogens with zero attached hydrogens (tertiary/aromatic N) is 3.